The summed E-state index contributed by atoms with van der Waals surface area (Å²) in [5, 5.41) is 22.4. The summed E-state index contributed by atoms with van der Waals surface area (Å²) in [7, 11) is 0. The third-order valence-corrected chi connectivity index (χ3v) is 5.14. The van der Waals surface area contributed by atoms with Crippen LogP contribution in [0.1, 0.15) is 32.1 Å². The zero-order valence-electron chi connectivity index (χ0n) is 12.7. The van der Waals surface area contributed by atoms with Gasteiger partial charge in [0.05, 0.1) is 5.60 Å². The van der Waals surface area contributed by atoms with E-state index in [1.165, 1.54) is 11.3 Å². The highest BCUT2D eigenvalue weighted by atomic mass is 32.1. The summed E-state index contributed by atoms with van der Waals surface area (Å²) < 4.78 is 0. The van der Waals surface area contributed by atoms with Gasteiger partial charge in [0.15, 0.2) is 0 Å². The van der Waals surface area contributed by atoms with E-state index in [2.05, 4.69) is 15.5 Å². The maximum Gasteiger partial charge on any atom is 0.246 e. The number of nitrogens with two attached hydrogens (primary N) is 1. The second kappa shape index (κ2) is 6.74. The van der Waals surface area contributed by atoms with Crippen molar-refractivity contribution >= 4 is 22.4 Å². The zero-order valence-corrected chi connectivity index (χ0v) is 13.6. The van der Waals surface area contributed by atoms with E-state index in [-0.39, 0.29) is 0 Å². The first-order chi connectivity index (χ1) is 11.1. The van der Waals surface area contributed by atoms with Crippen molar-refractivity contribution in [3.05, 3.63) is 30.3 Å². The molecule has 0 saturated heterocycles. The lowest BCUT2D eigenvalue weighted by Crippen LogP contribution is -2.55. The quantitative estimate of drug-likeness (QED) is 0.796. The first-order valence-electron chi connectivity index (χ1n) is 7.76. The SMILES string of the molecule is NC(C(=O)Nc1nnc(-c2ccccc2)s1)C1(O)CCCCC1. The van der Waals surface area contributed by atoms with Gasteiger partial charge in [0.1, 0.15) is 11.0 Å². The topological polar surface area (TPSA) is 101 Å². The van der Waals surface area contributed by atoms with Crippen LogP contribution in [0.15, 0.2) is 30.3 Å². The van der Waals surface area contributed by atoms with Gasteiger partial charge in [0, 0.05) is 5.56 Å². The summed E-state index contributed by atoms with van der Waals surface area (Å²) in [6.07, 6.45) is 4.00. The van der Waals surface area contributed by atoms with Crippen LogP contribution in [-0.4, -0.2) is 32.9 Å². The first-order valence-corrected chi connectivity index (χ1v) is 8.58. The van der Waals surface area contributed by atoms with Crippen LogP contribution in [0.4, 0.5) is 5.13 Å². The summed E-state index contributed by atoms with van der Waals surface area (Å²) in [6.45, 7) is 0. The molecule has 23 heavy (non-hydrogen) atoms. The molecule has 1 atom stereocenters. The average Bonchev–Trinajstić information content (AvgIpc) is 3.04. The maximum atomic E-state index is 12.3. The highest BCUT2D eigenvalue weighted by Gasteiger charge is 2.40. The molecular weight excluding hydrogens is 312 g/mol. The lowest BCUT2D eigenvalue weighted by molar-refractivity contribution is -0.125. The van der Waals surface area contributed by atoms with E-state index >= 15 is 0 Å². The summed E-state index contributed by atoms with van der Waals surface area (Å²) in [5.74, 6) is -0.412. The third kappa shape index (κ3) is 3.57. The van der Waals surface area contributed by atoms with Crippen LogP contribution in [0.5, 0.6) is 0 Å². The van der Waals surface area contributed by atoms with Crippen LogP contribution in [0.25, 0.3) is 10.6 Å². The molecule has 1 fully saturated rings. The highest BCUT2D eigenvalue weighted by molar-refractivity contribution is 7.18. The number of nitrogens with zero attached hydrogens (tertiary/aromatic N) is 2. The van der Waals surface area contributed by atoms with Gasteiger partial charge in [-0.05, 0) is 12.8 Å². The number of carbonyl (C=O) groups excluding carboxylic acids is 1. The molecule has 4 N–H and O–H groups in total. The van der Waals surface area contributed by atoms with E-state index < -0.39 is 17.6 Å². The van der Waals surface area contributed by atoms with Crippen LogP contribution in [-0.2, 0) is 4.79 Å². The molecule has 0 bridgehead atoms. The Hall–Kier alpha value is -1.83. The molecule has 0 radical (unpaired) electrons. The Kier molecular flexibility index (Phi) is 4.70. The van der Waals surface area contributed by atoms with Gasteiger partial charge in [-0.25, -0.2) is 0 Å². The van der Waals surface area contributed by atoms with Crippen LogP contribution >= 0.6 is 11.3 Å². The molecule has 122 valence electrons. The van der Waals surface area contributed by atoms with Crippen molar-refractivity contribution in [2.24, 2.45) is 5.73 Å². The fourth-order valence-corrected chi connectivity index (χ4v) is 3.63. The largest absolute Gasteiger partial charge is 0.388 e. The monoisotopic (exact) mass is 332 g/mol. The van der Waals surface area contributed by atoms with E-state index in [0.29, 0.717) is 18.0 Å². The van der Waals surface area contributed by atoms with Gasteiger partial charge in [0.25, 0.3) is 0 Å². The van der Waals surface area contributed by atoms with E-state index in [9.17, 15) is 9.90 Å². The smallest absolute Gasteiger partial charge is 0.246 e. The summed E-state index contributed by atoms with van der Waals surface area (Å²) in [4.78, 5) is 12.3. The van der Waals surface area contributed by atoms with Crippen molar-refractivity contribution in [3.8, 4) is 10.6 Å². The molecular formula is C16H20N4O2S. The molecule has 1 aromatic heterocycles. The predicted molar refractivity (Wildman–Crippen MR) is 90.0 cm³/mol. The van der Waals surface area contributed by atoms with Crippen LogP contribution in [0, 0.1) is 0 Å². The number of rotatable bonds is 4. The number of hydrogen-bond acceptors (Lipinski definition) is 6. The zero-order chi connectivity index (χ0) is 16.3. The number of hydrogen-bond donors (Lipinski definition) is 3. The molecule has 7 heteroatoms. The fraction of sp³-hybridized carbons (Fsp3) is 0.438. The number of aromatic nitrogens is 2. The van der Waals surface area contributed by atoms with Crippen molar-refractivity contribution in [2.45, 2.75) is 43.7 Å². The fourth-order valence-electron chi connectivity index (χ4n) is 2.87. The van der Waals surface area contributed by atoms with E-state index in [1.54, 1.807) is 0 Å². The Balaban J connectivity index is 1.67. The van der Waals surface area contributed by atoms with Gasteiger partial charge in [0.2, 0.25) is 11.0 Å². The minimum Gasteiger partial charge on any atom is -0.388 e. The number of nitrogens with one attached hydrogen (secondary N) is 1. The number of benzene rings is 1. The van der Waals surface area contributed by atoms with Crippen molar-refractivity contribution < 1.29 is 9.90 Å². The van der Waals surface area contributed by atoms with Crippen molar-refractivity contribution in [1.29, 1.82) is 0 Å². The number of carbonyl (C=O) groups is 1. The Bertz CT molecular complexity index is 668. The summed E-state index contributed by atoms with van der Waals surface area (Å²) in [6, 6.07) is 8.68. The third-order valence-electron chi connectivity index (χ3n) is 4.26. The number of amides is 1. The normalized spacial score (nSPS) is 18.3. The summed E-state index contributed by atoms with van der Waals surface area (Å²) in [5.41, 5.74) is 5.82. The molecule has 2 aromatic rings. The van der Waals surface area contributed by atoms with Gasteiger partial charge in [-0.1, -0.05) is 60.9 Å². The molecule has 6 nitrogen and oxygen atoms in total. The van der Waals surface area contributed by atoms with E-state index in [0.717, 1.165) is 29.8 Å². The number of anilines is 1. The Morgan fingerprint density at radius 3 is 2.61 bits per heavy atom. The molecule has 0 aliphatic heterocycles. The predicted octanol–water partition coefficient (Wildman–Crippen LogP) is 2.17. The number of aliphatic hydroxyl groups is 1. The van der Waals surface area contributed by atoms with Crippen molar-refractivity contribution in [3.63, 3.8) is 0 Å². The molecule has 1 saturated carbocycles. The summed E-state index contributed by atoms with van der Waals surface area (Å²) >= 11 is 1.29. The molecule has 1 unspecified atom stereocenters. The molecule has 1 amide bonds. The lowest BCUT2D eigenvalue weighted by atomic mass is 9.79. The highest BCUT2D eigenvalue weighted by Crippen LogP contribution is 2.31. The van der Waals surface area contributed by atoms with Crippen molar-refractivity contribution in [1.82, 2.24) is 10.2 Å². The van der Waals surface area contributed by atoms with Crippen LogP contribution in [0.3, 0.4) is 0 Å². The Labute approximate surface area is 138 Å². The van der Waals surface area contributed by atoms with Crippen LogP contribution in [0.2, 0.25) is 0 Å². The molecule has 1 heterocycles. The van der Waals surface area contributed by atoms with Gasteiger partial charge < -0.3 is 10.8 Å². The van der Waals surface area contributed by atoms with Gasteiger partial charge in [-0.2, -0.15) is 0 Å². The molecule has 3 rings (SSSR count). The minimum absolute atomic E-state index is 0.392. The molecule has 1 aliphatic rings. The van der Waals surface area contributed by atoms with E-state index in [1.807, 2.05) is 30.3 Å². The second-order valence-corrected chi connectivity index (χ2v) is 6.89. The molecule has 0 spiro atoms. The Morgan fingerprint density at radius 1 is 1.22 bits per heavy atom. The van der Waals surface area contributed by atoms with Gasteiger partial charge in [-0.3, -0.25) is 10.1 Å². The van der Waals surface area contributed by atoms with Crippen molar-refractivity contribution in [2.75, 3.05) is 5.32 Å². The molecule has 1 aromatic carbocycles. The van der Waals surface area contributed by atoms with E-state index in [4.69, 9.17) is 5.73 Å². The average molecular weight is 332 g/mol. The minimum atomic E-state index is -1.12. The van der Waals surface area contributed by atoms with Crippen LogP contribution < -0.4 is 11.1 Å². The Morgan fingerprint density at radius 2 is 1.91 bits per heavy atom. The second-order valence-electron chi connectivity index (χ2n) is 5.91. The first kappa shape index (κ1) is 16.0. The lowest BCUT2D eigenvalue weighted by Gasteiger charge is -2.35. The van der Waals surface area contributed by atoms with Gasteiger partial charge >= 0.3 is 0 Å². The molecule has 1 aliphatic carbocycles. The van der Waals surface area contributed by atoms with Gasteiger partial charge in [-0.15, -0.1) is 10.2 Å². The maximum absolute atomic E-state index is 12.3. The standard InChI is InChI=1S/C16H20N4O2S/c17-12(16(22)9-5-2-6-10-16)13(21)18-15-20-19-14(23-15)11-7-3-1-4-8-11/h1,3-4,7-8,12,22H,2,5-6,9-10,17H2,(H,18,20,21).